The lowest BCUT2D eigenvalue weighted by atomic mass is 10.2. The average Bonchev–Trinajstić information content (AvgIpc) is 2.39. The molecule has 0 aliphatic heterocycles. The summed E-state index contributed by atoms with van der Waals surface area (Å²) in [4.78, 5) is 16.7. The molecule has 2 heterocycles. The fourth-order valence-electron chi connectivity index (χ4n) is 1.62. The highest BCUT2D eigenvalue weighted by molar-refractivity contribution is 5.80. The van der Waals surface area contributed by atoms with E-state index in [1.807, 2.05) is 31.3 Å². The first kappa shape index (κ1) is 12.2. The summed E-state index contributed by atoms with van der Waals surface area (Å²) in [5.74, 6) is 0.778. The molecule has 92 valence electrons. The van der Waals surface area contributed by atoms with Crippen LogP contribution in [0.2, 0.25) is 0 Å². The van der Waals surface area contributed by atoms with Crippen LogP contribution in [-0.4, -0.2) is 34.6 Å². The molecular weight excluding hydrogens is 228 g/mol. The van der Waals surface area contributed by atoms with Gasteiger partial charge in [-0.1, -0.05) is 0 Å². The molecule has 18 heavy (non-hydrogen) atoms. The summed E-state index contributed by atoms with van der Waals surface area (Å²) < 4.78 is 0. The van der Waals surface area contributed by atoms with E-state index in [0.717, 1.165) is 11.3 Å². The maximum Gasteiger partial charge on any atom is 0.151 e. The number of likely N-dealkylation sites (N-methyl/N-ethyl adjacent to an activating group) is 1. The van der Waals surface area contributed by atoms with Crippen molar-refractivity contribution >= 4 is 11.6 Å². The summed E-state index contributed by atoms with van der Waals surface area (Å²) in [7, 11) is 1.82. The van der Waals surface area contributed by atoms with Crippen LogP contribution in [0.5, 0.6) is 0 Å². The van der Waals surface area contributed by atoms with Crippen LogP contribution in [0.1, 0.15) is 6.92 Å². The van der Waals surface area contributed by atoms with Crippen molar-refractivity contribution in [1.29, 1.82) is 0 Å². The molecule has 2 rings (SSSR count). The van der Waals surface area contributed by atoms with Crippen LogP contribution in [0, 0.1) is 0 Å². The van der Waals surface area contributed by atoms with Crippen molar-refractivity contribution in [2.24, 2.45) is 0 Å². The van der Waals surface area contributed by atoms with Crippen LogP contribution < -0.4 is 4.90 Å². The normalized spacial score (nSPS) is 10.1. The first-order valence-corrected chi connectivity index (χ1v) is 5.61. The highest BCUT2D eigenvalue weighted by Crippen LogP contribution is 2.16. The third-order valence-corrected chi connectivity index (χ3v) is 2.48. The molecule has 0 amide bonds. The lowest BCUT2D eigenvalue weighted by Gasteiger charge is -2.15. The summed E-state index contributed by atoms with van der Waals surface area (Å²) >= 11 is 0. The third-order valence-electron chi connectivity index (χ3n) is 2.48. The molecule has 0 radical (unpaired) electrons. The number of anilines is 1. The standard InChI is InChI=1S/C13H14N4O/c1-10(18)9-17(2)13-4-3-12(15-16-13)11-5-7-14-8-6-11/h3-8H,9H2,1-2H3. The molecule has 5 nitrogen and oxygen atoms in total. The van der Waals surface area contributed by atoms with Gasteiger partial charge in [-0.3, -0.25) is 9.78 Å². The van der Waals surface area contributed by atoms with Gasteiger partial charge in [0, 0.05) is 25.0 Å². The largest absolute Gasteiger partial charge is 0.351 e. The van der Waals surface area contributed by atoms with E-state index in [-0.39, 0.29) is 5.78 Å². The second-order valence-corrected chi connectivity index (χ2v) is 4.07. The van der Waals surface area contributed by atoms with Gasteiger partial charge in [-0.15, -0.1) is 10.2 Å². The molecule has 0 spiro atoms. The number of carbonyl (C=O) groups excluding carboxylic acids is 1. The van der Waals surface area contributed by atoms with Gasteiger partial charge in [0.1, 0.15) is 5.78 Å². The number of hydrogen-bond donors (Lipinski definition) is 0. The molecular formula is C13H14N4O. The van der Waals surface area contributed by atoms with Crippen LogP contribution >= 0.6 is 0 Å². The Bertz CT molecular complexity index is 524. The van der Waals surface area contributed by atoms with Crippen molar-refractivity contribution in [2.45, 2.75) is 6.92 Å². The van der Waals surface area contributed by atoms with Crippen molar-refractivity contribution < 1.29 is 4.79 Å². The molecule has 5 heteroatoms. The van der Waals surface area contributed by atoms with Crippen molar-refractivity contribution in [3.8, 4) is 11.3 Å². The summed E-state index contributed by atoms with van der Waals surface area (Å²) in [5, 5.41) is 8.26. The Morgan fingerprint density at radius 2 is 1.89 bits per heavy atom. The minimum atomic E-state index is 0.0949. The molecule has 0 fully saturated rings. The van der Waals surface area contributed by atoms with Crippen LogP contribution in [-0.2, 0) is 4.79 Å². The Labute approximate surface area is 105 Å². The van der Waals surface area contributed by atoms with Crippen LogP contribution in [0.3, 0.4) is 0 Å². The van der Waals surface area contributed by atoms with Gasteiger partial charge in [0.15, 0.2) is 5.82 Å². The molecule has 0 aliphatic rings. The van der Waals surface area contributed by atoms with E-state index < -0.39 is 0 Å². The molecule has 0 aromatic carbocycles. The molecule has 0 unspecified atom stereocenters. The lowest BCUT2D eigenvalue weighted by molar-refractivity contribution is -0.115. The van der Waals surface area contributed by atoms with Gasteiger partial charge < -0.3 is 4.90 Å². The van der Waals surface area contributed by atoms with E-state index in [9.17, 15) is 4.79 Å². The van der Waals surface area contributed by atoms with Gasteiger partial charge in [-0.25, -0.2) is 0 Å². The fourth-order valence-corrected chi connectivity index (χ4v) is 1.62. The second kappa shape index (κ2) is 5.35. The zero-order chi connectivity index (χ0) is 13.0. The van der Waals surface area contributed by atoms with Gasteiger partial charge in [-0.2, -0.15) is 0 Å². The number of hydrogen-bond acceptors (Lipinski definition) is 5. The minimum absolute atomic E-state index is 0.0949. The average molecular weight is 242 g/mol. The maximum atomic E-state index is 11.0. The summed E-state index contributed by atoms with van der Waals surface area (Å²) in [6.45, 7) is 1.89. The molecule has 0 N–H and O–H groups in total. The van der Waals surface area contributed by atoms with Gasteiger partial charge >= 0.3 is 0 Å². The summed E-state index contributed by atoms with van der Waals surface area (Å²) in [6, 6.07) is 7.49. The zero-order valence-corrected chi connectivity index (χ0v) is 10.4. The number of pyridine rings is 1. The van der Waals surface area contributed by atoms with Gasteiger partial charge in [0.25, 0.3) is 0 Å². The molecule has 0 atom stereocenters. The fraction of sp³-hybridized carbons (Fsp3) is 0.231. The molecule has 2 aromatic rings. The predicted octanol–water partition coefficient (Wildman–Crippen LogP) is 1.56. The van der Waals surface area contributed by atoms with E-state index in [1.54, 1.807) is 24.2 Å². The van der Waals surface area contributed by atoms with Gasteiger partial charge in [0.2, 0.25) is 0 Å². The van der Waals surface area contributed by atoms with Crippen LogP contribution in [0.4, 0.5) is 5.82 Å². The van der Waals surface area contributed by atoms with Gasteiger partial charge in [-0.05, 0) is 31.2 Å². The quantitative estimate of drug-likeness (QED) is 0.814. The molecule has 0 saturated carbocycles. The lowest BCUT2D eigenvalue weighted by Crippen LogP contribution is -2.24. The first-order valence-electron chi connectivity index (χ1n) is 5.61. The molecule has 0 saturated heterocycles. The van der Waals surface area contributed by atoms with Gasteiger partial charge in [0.05, 0.1) is 12.2 Å². The number of ketones is 1. The molecule has 0 bridgehead atoms. The highest BCUT2D eigenvalue weighted by Gasteiger charge is 2.06. The number of nitrogens with zero attached hydrogens (tertiary/aromatic N) is 4. The van der Waals surface area contributed by atoms with Crippen LogP contribution in [0.25, 0.3) is 11.3 Å². The predicted molar refractivity (Wildman–Crippen MR) is 69.2 cm³/mol. The maximum absolute atomic E-state index is 11.0. The number of rotatable bonds is 4. The van der Waals surface area contributed by atoms with Crippen molar-refractivity contribution in [3.63, 3.8) is 0 Å². The Balaban J connectivity index is 2.18. The smallest absolute Gasteiger partial charge is 0.151 e. The SMILES string of the molecule is CC(=O)CN(C)c1ccc(-c2ccncc2)nn1. The van der Waals surface area contributed by atoms with E-state index in [2.05, 4.69) is 15.2 Å². The van der Waals surface area contributed by atoms with Crippen LogP contribution in [0.15, 0.2) is 36.7 Å². The van der Waals surface area contributed by atoms with E-state index >= 15 is 0 Å². The van der Waals surface area contributed by atoms with E-state index in [4.69, 9.17) is 0 Å². The summed E-state index contributed by atoms with van der Waals surface area (Å²) in [6.07, 6.45) is 3.43. The van der Waals surface area contributed by atoms with E-state index in [0.29, 0.717) is 12.4 Å². The number of aromatic nitrogens is 3. The Hall–Kier alpha value is -2.30. The second-order valence-electron chi connectivity index (χ2n) is 4.07. The highest BCUT2D eigenvalue weighted by atomic mass is 16.1. The van der Waals surface area contributed by atoms with Crippen molar-refractivity contribution in [1.82, 2.24) is 15.2 Å². The monoisotopic (exact) mass is 242 g/mol. The minimum Gasteiger partial charge on any atom is -0.351 e. The zero-order valence-electron chi connectivity index (χ0n) is 10.4. The topological polar surface area (TPSA) is 59.0 Å². The number of Topliss-reactive ketones (excluding diaryl/α,β-unsaturated/α-hetero) is 1. The Morgan fingerprint density at radius 1 is 1.17 bits per heavy atom. The Morgan fingerprint density at radius 3 is 2.44 bits per heavy atom. The third kappa shape index (κ3) is 2.88. The van der Waals surface area contributed by atoms with Crippen molar-refractivity contribution in [2.75, 3.05) is 18.5 Å². The number of carbonyl (C=O) groups is 1. The summed E-state index contributed by atoms with van der Waals surface area (Å²) in [5.41, 5.74) is 1.76. The van der Waals surface area contributed by atoms with Crippen molar-refractivity contribution in [3.05, 3.63) is 36.7 Å². The molecule has 0 aliphatic carbocycles. The Kier molecular flexibility index (Phi) is 3.62. The first-order chi connectivity index (χ1) is 8.66. The van der Waals surface area contributed by atoms with E-state index in [1.165, 1.54) is 0 Å². The molecule has 2 aromatic heterocycles.